The molecule has 1 atom stereocenters. The number of hydrogen-bond acceptors (Lipinski definition) is 3. The fourth-order valence-corrected chi connectivity index (χ4v) is 1.49. The van der Waals surface area contributed by atoms with E-state index in [4.69, 9.17) is 10.8 Å². The molecule has 0 aliphatic heterocycles. The third-order valence-electron chi connectivity index (χ3n) is 1.84. The zero-order valence-electron chi connectivity index (χ0n) is 8.54. The highest BCUT2D eigenvalue weighted by Gasteiger charge is 2.02. The second kappa shape index (κ2) is 5.79. The highest BCUT2D eigenvalue weighted by Crippen LogP contribution is 2.13. The fraction of sp³-hybridized carbons (Fsp3) is 0.455. The number of rotatable bonds is 5. The van der Waals surface area contributed by atoms with Gasteiger partial charge in [-0.05, 0) is 25.3 Å². The Kier molecular flexibility index (Phi) is 4.64. The van der Waals surface area contributed by atoms with Crippen molar-refractivity contribution in [3.05, 3.63) is 23.7 Å². The highest BCUT2D eigenvalue weighted by molar-refractivity contribution is 7.97. The van der Waals surface area contributed by atoms with E-state index >= 15 is 0 Å². The normalized spacial score (nSPS) is 12.4. The Labute approximate surface area is 89.5 Å². The molecule has 76 valence electrons. The molecule has 1 N–H and O–H groups in total. The molecule has 0 bridgehead atoms. The maximum atomic E-state index is 5.57. The Morgan fingerprint density at radius 2 is 2.29 bits per heavy atom. The van der Waals surface area contributed by atoms with Gasteiger partial charge in [0.05, 0.1) is 18.3 Å². The quantitative estimate of drug-likeness (QED) is 0.753. The summed E-state index contributed by atoms with van der Waals surface area (Å²) in [6.07, 6.45) is 7.30. The number of thioether (sulfide) groups is 1. The van der Waals surface area contributed by atoms with Crippen LogP contribution in [0, 0.1) is 12.3 Å². The van der Waals surface area contributed by atoms with Gasteiger partial charge in [-0.3, -0.25) is 5.32 Å². The van der Waals surface area contributed by atoms with Gasteiger partial charge in [-0.1, -0.05) is 5.92 Å². The Balaban J connectivity index is 2.40. The Morgan fingerprint density at radius 1 is 1.57 bits per heavy atom. The van der Waals surface area contributed by atoms with E-state index in [-0.39, 0.29) is 6.04 Å². The molecule has 0 amide bonds. The van der Waals surface area contributed by atoms with Crippen LogP contribution in [0.5, 0.6) is 0 Å². The Bertz CT molecular complexity index is 313. The topological polar surface area (TPSA) is 25.2 Å². The van der Waals surface area contributed by atoms with E-state index in [9.17, 15) is 0 Å². The average molecular weight is 209 g/mol. The van der Waals surface area contributed by atoms with Crippen LogP contribution in [0.15, 0.2) is 16.5 Å². The van der Waals surface area contributed by atoms with Crippen LogP contribution >= 0.6 is 11.8 Å². The summed E-state index contributed by atoms with van der Waals surface area (Å²) < 4.78 is 5.57. The molecule has 1 rings (SSSR count). The zero-order valence-corrected chi connectivity index (χ0v) is 9.36. The molecule has 0 aliphatic carbocycles. The lowest BCUT2D eigenvalue weighted by molar-refractivity contribution is 0.454. The molecule has 14 heavy (non-hydrogen) atoms. The van der Waals surface area contributed by atoms with Gasteiger partial charge in [0, 0.05) is 0 Å². The predicted octanol–water partition coefficient (Wildman–Crippen LogP) is 2.25. The van der Waals surface area contributed by atoms with Gasteiger partial charge in [-0.15, -0.1) is 6.42 Å². The van der Waals surface area contributed by atoms with Gasteiger partial charge in [-0.2, -0.15) is 11.8 Å². The summed E-state index contributed by atoms with van der Waals surface area (Å²) >= 11 is 1.75. The van der Waals surface area contributed by atoms with Crippen molar-refractivity contribution in [3.63, 3.8) is 0 Å². The van der Waals surface area contributed by atoms with E-state index in [2.05, 4.69) is 17.5 Å². The molecule has 1 unspecified atom stereocenters. The molecule has 0 fully saturated rings. The van der Waals surface area contributed by atoms with Crippen LogP contribution in [0.25, 0.3) is 0 Å². The van der Waals surface area contributed by atoms with E-state index in [0.29, 0.717) is 6.54 Å². The molecular formula is C11H15NOS. The fourth-order valence-electron chi connectivity index (χ4n) is 1.05. The van der Waals surface area contributed by atoms with Crippen molar-refractivity contribution in [2.75, 3.05) is 6.26 Å². The van der Waals surface area contributed by atoms with Crippen molar-refractivity contribution in [1.82, 2.24) is 5.32 Å². The van der Waals surface area contributed by atoms with Crippen LogP contribution in [0.2, 0.25) is 0 Å². The minimum atomic E-state index is 0.0871. The first-order valence-electron chi connectivity index (χ1n) is 4.52. The molecule has 0 aliphatic rings. The predicted molar refractivity (Wildman–Crippen MR) is 61.1 cm³/mol. The summed E-state index contributed by atoms with van der Waals surface area (Å²) in [5.74, 6) is 5.49. The lowest BCUT2D eigenvalue weighted by Gasteiger charge is -2.04. The molecule has 1 aromatic heterocycles. The summed E-state index contributed by atoms with van der Waals surface area (Å²) in [7, 11) is 0. The van der Waals surface area contributed by atoms with E-state index in [0.717, 1.165) is 17.3 Å². The molecule has 0 aromatic carbocycles. The monoisotopic (exact) mass is 209 g/mol. The van der Waals surface area contributed by atoms with E-state index < -0.39 is 0 Å². The van der Waals surface area contributed by atoms with Gasteiger partial charge in [0.2, 0.25) is 0 Å². The highest BCUT2D eigenvalue weighted by atomic mass is 32.2. The molecule has 0 saturated heterocycles. The first kappa shape index (κ1) is 11.2. The Morgan fingerprint density at radius 3 is 2.93 bits per heavy atom. The van der Waals surface area contributed by atoms with Gasteiger partial charge < -0.3 is 4.42 Å². The van der Waals surface area contributed by atoms with Gasteiger partial charge in [-0.25, -0.2) is 0 Å². The van der Waals surface area contributed by atoms with Gasteiger partial charge in [0.25, 0.3) is 0 Å². The average Bonchev–Trinajstić information content (AvgIpc) is 2.63. The number of nitrogens with one attached hydrogen (secondary N) is 1. The summed E-state index contributed by atoms with van der Waals surface area (Å²) in [6, 6.07) is 4.08. The molecule has 0 saturated carbocycles. The lowest BCUT2D eigenvalue weighted by atomic mass is 10.3. The largest absolute Gasteiger partial charge is 0.464 e. The van der Waals surface area contributed by atoms with Crippen molar-refractivity contribution in [1.29, 1.82) is 0 Å². The second-order valence-electron chi connectivity index (χ2n) is 3.07. The molecule has 1 heterocycles. The SMILES string of the molecule is C#CC(C)NCc1ccc(CSC)o1. The summed E-state index contributed by atoms with van der Waals surface area (Å²) in [5, 5.41) is 3.17. The minimum absolute atomic E-state index is 0.0871. The minimum Gasteiger partial charge on any atom is -0.464 e. The van der Waals surface area contributed by atoms with Crippen molar-refractivity contribution in [3.8, 4) is 12.3 Å². The molecular weight excluding hydrogens is 194 g/mol. The first-order chi connectivity index (χ1) is 6.76. The molecule has 0 radical (unpaired) electrons. The van der Waals surface area contributed by atoms with Gasteiger partial charge in [0.1, 0.15) is 11.5 Å². The van der Waals surface area contributed by atoms with Crippen LogP contribution in [0.4, 0.5) is 0 Å². The van der Waals surface area contributed by atoms with Crippen LogP contribution in [-0.4, -0.2) is 12.3 Å². The lowest BCUT2D eigenvalue weighted by Crippen LogP contribution is -2.23. The van der Waals surface area contributed by atoms with E-state index in [1.165, 1.54) is 0 Å². The molecule has 3 heteroatoms. The third-order valence-corrected chi connectivity index (χ3v) is 2.41. The second-order valence-corrected chi connectivity index (χ2v) is 3.94. The maximum absolute atomic E-state index is 5.57. The number of furan rings is 1. The van der Waals surface area contributed by atoms with E-state index in [1.807, 2.05) is 19.1 Å². The van der Waals surface area contributed by atoms with Crippen LogP contribution in [0.3, 0.4) is 0 Å². The molecule has 1 aromatic rings. The maximum Gasteiger partial charge on any atom is 0.118 e. The van der Waals surface area contributed by atoms with Crippen LogP contribution in [-0.2, 0) is 12.3 Å². The summed E-state index contributed by atoms with van der Waals surface area (Å²) in [4.78, 5) is 0. The Hall–Kier alpha value is -0.850. The zero-order chi connectivity index (χ0) is 10.4. The van der Waals surface area contributed by atoms with Crippen molar-refractivity contribution in [2.45, 2.75) is 25.3 Å². The van der Waals surface area contributed by atoms with Gasteiger partial charge >= 0.3 is 0 Å². The van der Waals surface area contributed by atoms with Gasteiger partial charge in [0.15, 0.2) is 0 Å². The number of terminal acetylenes is 1. The smallest absolute Gasteiger partial charge is 0.118 e. The van der Waals surface area contributed by atoms with Crippen LogP contribution in [0.1, 0.15) is 18.4 Å². The molecule has 0 spiro atoms. The molecule has 2 nitrogen and oxygen atoms in total. The van der Waals surface area contributed by atoms with E-state index in [1.54, 1.807) is 11.8 Å². The van der Waals surface area contributed by atoms with Crippen LogP contribution < -0.4 is 5.32 Å². The standard InChI is InChI=1S/C11H15NOS/c1-4-9(2)12-7-10-5-6-11(13-10)8-14-3/h1,5-6,9,12H,7-8H2,2-3H3. The summed E-state index contributed by atoms with van der Waals surface area (Å²) in [5.41, 5.74) is 0. The number of hydrogen-bond donors (Lipinski definition) is 1. The van der Waals surface area contributed by atoms with Crippen molar-refractivity contribution < 1.29 is 4.42 Å². The first-order valence-corrected chi connectivity index (χ1v) is 5.91. The van der Waals surface area contributed by atoms with Crippen molar-refractivity contribution >= 4 is 11.8 Å². The van der Waals surface area contributed by atoms with Crippen molar-refractivity contribution in [2.24, 2.45) is 0 Å². The summed E-state index contributed by atoms with van der Waals surface area (Å²) in [6.45, 7) is 2.64. The third kappa shape index (κ3) is 3.49.